The highest BCUT2D eigenvalue weighted by molar-refractivity contribution is 5.89. The van der Waals surface area contributed by atoms with Crippen LogP contribution in [0.1, 0.15) is 33.1 Å². The molecule has 5 nitrogen and oxygen atoms in total. The molecule has 1 unspecified atom stereocenters. The van der Waals surface area contributed by atoms with Gasteiger partial charge in [0.15, 0.2) is 11.5 Å². The van der Waals surface area contributed by atoms with Crippen molar-refractivity contribution < 1.29 is 4.94 Å². The molecule has 0 saturated carbocycles. The predicted molar refractivity (Wildman–Crippen MR) is 51.5 cm³/mol. The SMILES string of the molecule is CCCN1ON=C(N)C1(N)CCC. The molecule has 0 amide bonds. The molecule has 0 aliphatic carbocycles. The van der Waals surface area contributed by atoms with Crippen molar-refractivity contribution in [2.24, 2.45) is 16.6 Å². The van der Waals surface area contributed by atoms with Crippen LogP contribution < -0.4 is 11.5 Å². The van der Waals surface area contributed by atoms with Crippen molar-refractivity contribution in [3.05, 3.63) is 0 Å². The van der Waals surface area contributed by atoms with Crippen LogP contribution in [0.25, 0.3) is 0 Å². The van der Waals surface area contributed by atoms with Gasteiger partial charge in [-0.3, -0.25) is 4.94 Å². The molecule has 0 radical (unpaired) electrons. The van der Waals surface area contributed by atoms with Crippen molar-refractivity contribution in [2.75, 3.05) is 6.54 Å². The van der Waals surface area contributed by atoms with Gasteiger partial charge in [0, 0.05) is 6.54 Å². The summed E-state index contributed by atoms with van der Waals surface area (Å²) in [6.45, 7) is 4.87. The highest BCUT2D eigenvalue weighted by atomic mass is 16.8. The molecule has 0 aromatic rings. The Kier molecular flexibility index (Phi) is 3.11. The van der Waals surface area contributed by atoms with E-state index in [4.69, 9.17) is 16.4 Å². The van der Waals surface area contributed by atoms with Gasteiger partial charge < -0.3 is 11.5 Å². The number of amidine groups is 1. The zero-order valence-corrected chi connectivity index (χ0v) is 8.29. The third-order valence-electron chi connectivity index (χ3n) is 2.18. The van der Waals surface area contributed by atoms with Gasteiger partial charge in [0.2, 0.25) is 0 Å². The molecule has 1 atom stereocenters. The van der Waals surface area contributed by atoms with Gasteiger partial charge >= 0.3 is 0 Å². The van der Waals surface area contributed by atoms with E-state index in [1.807, 2.05) is 0 Å². The third kappa shape index (κ3) is 1.76. The summed E-state index contributed by atoms with van der Waals surface area (Å²) in [7, 11) is 0. The molecule has 13 heavy (non-hydrogen) atoms. The first-order valence-electron chi connectivity index (χ1n) is 4.72. The fourth-order valence-corrected chi connectivity index (χ4v) is 1.45. The minimum absolute atomic E-state index is 0.378. The van der Waals surface area contributed by atoms with Crippen molar-refractivity contribution in [2.45, 2.75) is 38.8 Å². The topological polar surface area (TPSA) is 76.9 Å². The molecule has 1 rings (SSSR count). The molecule has 0 aromatic heterocycles. The largest absolute Gasteiger partial charge is 0.382 e. The molecular formula is C8H18N4O. The monoisotopic (exact) mass is 186 g/mol. The van der Waals surface area contributed by atoms with Crippen molar-refractivity contribution >= 4 is 5.84 Å². The van der Waals surface area contributed by atoms with Gasteiger partial charge in [-0.2, -0.15) is 0 Å². The molecule has 0 spiro atoms. The normalized spacial score (nSPS) is 28.7. The lowest BCUT2D eigenvalue weighted by Crippen LogP contribution is -2.60. The number of rotatable bonds is 4. The Morgan fingerprint density at radius 3 is 2.69 bits per heavy atom. The number of hydroxylamine groups is 2. The van der Waals surface area contributed by atoms with E-state index < -0.39 is 5.66 Å². The zero-order chi connectivity index (χ0) is 9.90. The molecule has 1 heterocycles. The lowest BCUT2D eigenvalue weighted by molar-refractivity contribution is -0.182. The van der Waals surface area contributed by atoms with Crippen LogP contribution in [-0.2, 0) is 4.94 Å². The number of nitrogens with zero attached hydrogens (tertiary/aromatic N) is 2. The van der Waals surface area contributed by atoms with Gasteiger partial charge in [-0.05, 0) is 18.0 Å². The second-order valence-corrected chi connectivity index (χ2v) is 3.33. The van der Waals surface area contributed by atoms with Crippen molar-refractivity contribution in [3.8, 4) is 0 Å². The lowest BCUT2D eigenvalue weighted by Gasteiger charge is -2.30. The van der Waals surface area contributed by atoms with E-state index in [0.717, 1.165) is 25.8 Å². The fraction of sp³-hybridized carbons (Fsp3) is 0.875. The standard InChI is InChI=1S/C8H18N4O/c1-3-5-8(10)7(9)11-13-12(8)6-4-2/h3-6,10H2,1-2H3,(H2,9,11). The average Bonchev–Trinajstić information content (AvgIpc) is 2.34. The number of hydrogen-bond donors (Lipinski definition) is 2. The van der Waals surface area contributed by atoms with Crippen molar-refractivity contribution in [1.29, 1.82) is 0 Å². The average molecular weight is 186 g/mol. The Balaban J connectivity index is 2.69. The van der Waals surface area contributed by atoms with Crippen LogP contribution in [0.5, 0.6) is 0 Å². The maximum atomic E-state index is 6.09. The zero-order valence-electron chi connectivity index (χ0n) is 8.29. The molecule has 1 aliphatic heterocycles. The Bertz CT molecular complexity index is 206. The first kappa shape index (κ1) is 10.3. The Morgan fingerprint density at radius 2 is 2.15 bits per heavy atom. The predicted octanol–water partition coefficient (Wildman–Crippen LogP) is 0.371. The molecule has 76 valence electrons. The van der Waals surface area contributed by atoms with Crippen LogP contribution in [0.15, 0.2) is 5.16 Å². The third-order valence-corrected chi connectivity index (χ3v) is 2.18. The highest BCUT2D eigenvalue weighted by Gasteiger charge is 2.42. The number of hydrogen-bond acceptors (Lipinski definition) is 5. The fourth-order valence-electron chi connectivity index (χ4n) is 1.45. The number of nitrogens with two attached hydrogens (primary N) is 2. The summed E-state index contributed by atoms with van der Waals surface area (Å²) in [6.07, 6.45) is 2.68. The summed E-state index contributed by atoms with van der Waals surface area (Å²) in [5.41, 5.74) is 11.1. The van der Waals surface area contributed by atoms with Gasteiger partial charge in [0.25, 0.3) is 0 Å². The second-order valence-electron chi connectivity index (χ2n) is 3.33. The first-order chi connectivity index (χ1) is 6.15. The minimum atomic E-state index is -0.690. The minimum Gasteiger partial charge on any atom is -0.382 e. The smallest absolute Gasteiger partial charge is 0.180 e. The van der Waals surface area contributed by atoms with Gasteiger partial charge in [0.1, 0.15) is 0 Å². The van der Waals surface area contributed by atoms with E-state index >= 15 is 0 Å². The maximum Gasteiger partial charge on any atom is 0.180 e. The summed E-state index contributed by atoms with van der Waals surface area (Å²) in [5.74, 6) is 0.378. The van der Waals surface area contributed by atoms with Gasteiger partial charge in [0.05, 0.1) is 0 Å². The highest BCUT2D eigenvalue weighted by Crippen LogP contribution is 2.22. The van der Waals surface area contributed by atoms with Crippen molar-refractivity contribution in [1.82, 2.24) is 5.06 Å². The van der Waals surface area contributed by atoms with Crippen LogP contribution in [-0.4, -0.2) is 23.1 Å². The molecule has 1 aliphatic rings. The quantitative estimate of drug-likeness (QED) is 0.665. The molecular weight excluding hydrogens is 168 g/mol. The Labute approximate surface area is 78.6 Å². The van der Waals surface area contributed by atoms with E-state index in [2.05, 4.69) is 19.0 Å². The molecule has 4 N–H and O–H groups in total. The summed E-state index contributed by atoms with van der Waals surface area (Å²) < 4.78 is 0. The van der Waals surface area contributed by atoms with E-state index in [1.165, 1.54) is 0 Å². The maximum absolute atomic E-state index is 6.09. The van der Waals surface area contributed by atoms with Gasteiger partial charge in [-0.15, -0.1) is 0 Å². The van der Waals surface area contributed by atoms with Crippen LogP contribution >= 0.6 is 0 Å². The van der Waals surface area contributed by atoms with Gasteiger partial charge in [-0.25, -0.2) is 0 Å². The van der Waals surface area contributed by atoms with Gasteiger partial charge in [-0.1, -0.05) is 25.3 Å². The van der Waals surface area contributed by atoms with Crippen LogP contribution in [0.2, 0.25) is 0 Å². The van der Waals surface area contributed by atoms with E-state index in [-0.39, 0.29) is 0 Å². The molecule has 0 bridgehead atoms. The summed E-state index contributed by atoms with van der Waals surface area (Å²) in [6, 6.07) is 0. The molecule has 0 aromatic carbocycles. The number of oxime groups is 1. The summed E-state index contributed by atoms with van der Waals surface area (Å²) in [4.78, 5) is 5.05. The Hall–Kier alpha value is -0.810. The molecule has 0 saturated heterocycles. The summed E-state index contributed by atoms with van der Waals surface area (Å²) >= 11 is 0. The molecule has 5 heteroatoms. The van der Waals surface area contributed by atoms with Crippen molar-refractivity contribution in [3.63, 3.8) is 0 Å². The van der Waals surface area contributed by atoms with Crippen LogP contribution in [0, 0.1) is 0 Å². The van der Waals surface area contributed by atoms with Crippen LogP contribution in [0.4, 0.5) is 0 Å². The van der Waals surface area contributed by atoms with Crippen LogP contribution in [0.3, 0.4) is 0 Å². The molecule has 0 fully saturated rings. The first-order valence-corrected chi connectivity index (χ1v) is 4.72. The summed E-state index contributed by atoms with van der Waals surface area (Å²) in [5, 5.41) is 5.36. The van der Waals surface area contributed by atoms with E-state index in [0.29, 0.717) is 5.84 Å². The van der Waals surface area contributed by atoms with E-state index in [1.54, 1.807) is 5.06 Å². The second kappa shape index (κ2) is 3.93. The Morgan fingerprint density at radius 1 is 1.46 bits per heavy atom. The van der Waals surface area contributed by atoms with E-state index in [9.17, 15) is 0 Å². The lowest BCUT2D eigenvalue weighted by atomic mass is 10.0.